The van der Waals surface area contributed by atoms with Crippen LogP contribution in [0.2, 0.25) is 0 Å². The smallest absolute Gasteiger partial charge is 0.233 e. The molecule has 5 aliphatic carbocycles. The highest BCUT2D eigenvalue weighted by molar-refractivity contribution is 6.06. The molecule has 1 aromatic rings. The average molecular weight is 405 g/mol. The Morgan fingerprint density at radius 3 is 2.20 bits per heavy atom. The van der Waals surface area contributed by atoms with Crippen molar-refractivity contribution in [1.29, 1.82) is 0 Å². The van der Waals surface area contributed by atoms with Gasteiger partial charge in [0.15, 0.2) is 0 Å². The molecule has 1 saturated heterocycles. The summed E-state index contributed by atoms with van der Waals surface area (Å²) in [5.41, 5.74) is 1.95. The molecule has 6 atom stereocenters. The molecule has 2 bridgehead atoms. The molecule has 1 N–H and O–H groups in total. The number of rotatable bonds is 3. The maximum Gasteiger partial charge on any atom is 0.233 e. The van der Waals surface area contributed by atoms with Crippen molar-refractivity contribution in [2.24, 2.45) is 41.4 Å². The van der Waals surface area contributed by atoms with Gasteiger partial charge in [0, 0.05) is 17.6 Å². The number of hydrogen-bond acceptors (Lipinski definition) is 3. The van der Waals surface area contributed by atoms with Crippen molar-refractivity contribution >= 4 is 23.4 Å². The number of likely N-dealkylation sites (tertiary alicyclic amines) is 1. The summed E-state index contributed by atoms with van der Waals surface area (Å²) >= 11 is 0. The van der Waals surface area contributed by atoms with Gasteiger partial charge in [0.25, 0.3) is 0 Å². The first-order valence-corrected chi connectivity index (χ1v) is 11.5. The number of allylic oxidation sites excluding steroid dienone is 2. The molecule has 6 aliphatic rings. The summed E-state index contributed by atoms with van der Waals surface area (Å²) in [6.07, 6.45) is 8.56. The molecule has 7 rings (SSSR count). The van der Waals surface area contributed by atoms with Gasteiger partial charge in [-0.05, 0) is 80.4 Å². The molecule has 1 heterocycles. The second-order valence-corrected chi connectivity index (χ2v) is 10.1. The number of aryl methyl sites for hydroxylation is 1. The fraction of sp³-hybridized carbons (Fsp3) is 0.560. The van der Waals surface area contributed by atoms with Crippen molar-refractivity contribution < 1.29 is 14.4 Å². The molecule has 3 saturated carbocycles. The van der Waals surface area contributed by atoms with Crippen LogP contribution in [0.15, 0.2) is 36.4 Å². The lowest BCUT2D eigenvalue weighted by molar-refractivity contribution is -0.144. The monoisotopic (exact) mass is 404 g/mol. The van der Waals surface area contributed by atoms with Gasteiger partial charge in [0.05, 0.1) is 11.8 Å². The van der Waals surface area contributed by atoms with Crippen LogP contribution < -0.4 is 5.32 Å². The van der Waals surface area contributed by atoms with Crippen molar-refractivity contribution in [2.75, 3.05) is 5.32 Å². The summed E-state index contributed by atoms with van der Waals surface area (Å²) in [4.78, 5) is 40.9. The molecule has 5 heteroatoms. The van der Waals surface area contributed by atoms with Crippen LogP contribution in [0.5, 0.6) is 0 Å². The third kappa shape index (κ3) is 2.63. The van der Waals surface area contributed by atoms with E-state index >= 15 is 0 Å². The van der Waals surface area contributed by atoms with Crippen LogP contribution >= 0.6 is 0 Å². The Morgan fingerprint density at radius 2 is 1.60 bits per heavy atom. The molecule has 1 aliphatic heterocycles. The summed E-state index contributed by atoms with van der Waals surface area (Å²) in [5.74, 6) is 1.75. The van der Waals surface area contributed by atoms with Crippen LogP contribution in [0.4, 0.5) is 5.69 Å². The first-order valence-electron chi connectivity index (χ1n) is 11.5. The van der Waals surface area contributed by atoms with E-state index in [0.29, 0.717) is 11.8 Å². The minimum absolute atomic E-state index is 0.0330. The van der Waals surface area contributed by atoms with E-state index in [1.54, 1.807) is 4.90 Å². The summed E-state index contributed by atoms with van der Waals surface area (Å²) in [7, 11) is 0. The van der Waals surface area contributed by atoms with Gasteiger partial charge in [0.2, 0.25) is 17.7 Å². The van der Waals surface area contributed by atoms with Gasteiger partial charge >= 0.3 is 0 Å². The van der Waals surface area contributed by atoms with E-state index in [2.05, 4.69) is 17.5 Å². The number of anilines is 1. The van der Waals surface area contributed by atoms with E-state index in [9.17, 15) is 14.4 Å². The van der Waals surface area contributed by atoms with Gasteiger partial charge in [-0.3, -0.25) is 19.3 Å². The molecule has 3 amide bonds. The van der Waals surface area contributed by atoms with Crippen molar-refractivity contribution in [1.82, 2.24) is 4.90 Å². The molecule has 5 nitrogen and oxygen atoms in total. The molecular formula is C25H28N2O3. The number of nitrogens with one attached hydrogen (secondary N) is 1. The zero-order chi connectivity index (χ0) is 20.6. The van der Waals surface area contributed by atoms with E-state index in [0.717, 1.165) is 36.9 Å². The standard InChI is InChI=1S/C25H28N2O3/c1-13-3-2-4-15(11-13)26-23(28)14-5-7-16(8-6-14)27-24(29)21-17-9-10-18(20-12-19(17)20)22(21)25(27)30/h2-4,9-11,14,16-22H,5-8,12H2,1H3,(H,26,28)/t14?,16?,17-,18-,19-,20+,21-,22+/m0/s1. The first-order chi connectivity index (χ1) is 14.5. The number of carbonyl (C=O) groups excluding carboxylic acids is 3. The zero-order valence-corrected chi connectivity index (χ0v) is 17.3. The van der Waals surface area contributed by atoms with Crippen molar-refractivity contribution in [3.8, 4) is 0 Å². The third-order valence-electron chi connectivity index (χ3n) is 8.42. The normalized spacial score (nSPS) is 40.9. The van der Waals surface area contributed by atoms with Crippen molar-refractivity contribution in [3.63, 3.8) is 0 Å². The molecule has 0 unspecified atom stereocenters. The number of carbonyl (C=O) groups is 3. The van der Waals surface area contributed by atoms with Gasteiger partial charge in [0.1, 0.15) is 0 Å². The molecule has 0 radical (unpaired) electrons. The molecule has 4 fully saturated rings. The Balaban J connectivity index is 1.12. The lowest BCUT2D eigenvalue weighted by Gasteiger charge is -2.37. The number of nitrogens with zero attached hydrogens (tertiary/aromatic N) is 1. The fourth-order valence-electron chi connectivity index (χ4n) is 6.90. The van der Waals surface area contributed by atoms with Crippen LogP contribution in [0.3, 0.4) is 0 Å². The van der Waals surface area contributed by atoms with Crippen LogP contribution in [0.1, 0.15) is 37.7 Å². The highest BCUT2D eigenvalue weighted by Crippen LogP contribution is 2.65. The van der Waals surface area contributed by atoms with Crippen LogP contribution in [0.25, 0.3) is 0 Å². The maximum atomic E-state index is 13.3. The summed E-state index contributed by atoms with van der Waals surface area (Å²) < 4.78 is 0. The van der Waals surface area contributed by atoms with E-state index in [1.165, 1.54) is 6.42 Å². The lowest BCUT2D eigenvalue weighted by Crippen LogP contribution is -2.44. The summed E-state index contributed by atoms with van der Waals surface area (Å²) in [6.45, 7) is 2.01. The molecule has 1 aromatic carbocycles. The van der Waals surface area contributed by atoms with Crippen molar-refractivity contribution in [3.05, 3.63) is 42.0 Å². The SMILES string of the molecule is Cc1cccc(NC(=O)C2CCC(N3C(=O)[C@@H]4[C@H]5C=C[C@@H]([C@@H]6C[C@H]56)[C@@H]4C3=O)CC2)c1. The zero-order valence-electron chi connectivity index (χ0n) is 17.3. The molecule has 0 spiro atoms. The Hall–Kier alpha value is -2.43. The number of benzene rings is 1. The van der Waals surface area contributed by atoms with Gasteiger partial charge in [-0.15, -0.1) is 0 Å². The second-order valence-electron chi connectivity index (χ2n) is 10.1. The maximum absolute atomic E-state index is 13.3. The minimum Gasteiger partial charge on any atom is -0.326 e. The predicted octanol–water partition coefficient (Wildman–Crippen LogP) is 3.55. The number of imide groups is 1. The fourth-order valence-corrected chi connectivity index (χ4v) is 6.90. The average Bonchev–Trinajstić information content (AvgIpc) is 3.52. The number of hydrogen-bond donors (Lipinski definition) is 1. The highest BCUT2D eigenvalue weighted by atomic mass is 16.2. The van der Waals surface area contributed by atoms with Crippen LogP contribution in [-0.4, -0.2) is 28.7 Å². The topological polar surface area (TPSA) is 66.5 Å². The van der Waals surface area contributed by atoms with Gasteiger partial charge in [-0.2, -0.15) is 0 Å². The van der Waals surface area contributed by atoms with E-state index in [-0.39, 0.29) is 53.4 Å². The first kappa shape index (κ1) is 18.3. The van der Waals surface area contributed by atoms with Crippen LogP contribution in [0, 0.1) is 48.3 Å². The summed E-state index contributed by atoms with van der Waals surface area (Å²) in [5, 5.41) is 3.03. The Kier molecular flexibility index (Phi) is 4.00. The Labute approximate surface area is 176 Å². The molecular weight excluding hydrogens is 376 g/mol. The van der Waals surface area contributed by atoms with Gasteiger partial charge < -0.3 is 5.32 Å². The van der Waals surface area contributed by atoms with E-state index in [4.69, 9.17) is 0 Å². The summed E-state index contributed by atoms with van der Waals surface area (Å²) in [6, 6.07) is 7.80. The van der Waals surface area contributed by atoms with Gasteiger partial charge in [-0.25, -0.2) is 0 Å². The van der Waals surface area contributed by atoms with Crippen molar-refractivity contribution in [2.45, 2.75) is 45.1 Å². The van der Waals surface area contributed by atoms with Crippen LogP contribution in [-0.2, 0) is 14.4 Å². The molecule has 30 heavy (non-hydrogen) atoms. The Bertz CT molecular complexity index is 925. The van der Waals surface area contributed by atoms with E-state index in [1.807, 2.05) is 31.2 Å². The largest absolute Gasteiger partial charge is 0.326 e. The Morgan fingerprint density at radius 1 is 0.967 bits per heavy atom. The van der Waals surface area contributed by atoms with Gasteiger partial charge in [-0.1, -0.05) is 24.3 Å². The quantitative estimate of drug-likeness (QED) is 0.619. The molecule has 156 valence electrons. The number of amides is 3. The van der Waals surface area contributed by atoms with E-state index < -0.39 is 0 Å². The predicted molar refractivity (Wildman–Crippen MR) is 112 cm³/mol. The third-order valence-corrected chi connectivity index (χ3v) is 8.42. The lowest BCUT2D eigenvalue weighted by atomic mass is 9.63. The second kappa shape index (κ2) is 6.53. The highest BCUT2D eigenvalue weighted by Gasteiger charge is 2.67. The molecule has 0 aromatic heterocycles. The minimum atomic E-state index is -0.112.